The fourth-order valence-corrected chi connectivity index (χ4v) is 6.80. The summed E-state index contributed by atoms with van der Waals surface area (Å²) in [5, 5.41) is 24.6. The Morgan fingerprint density at radius 2 is 1.92 bits per heavy atom. The van der Waals surface area contributed by atoms with Crippen LogP contribution in [0.5, 0.6) is 0 Å². The fraction of sp³-hybridized carbons (Fsp3) is 0.533. The summed E-state index contributed by atoms with van der Waals surface area (Å²) in [5.74, 6) is -1.18. The van der Waals surface area contributed by atoms with Crippen molar-refractivity contribution in [1.29, 1.82) is 0 Å². The minimum absolute atomic E-state index is 0.0937. The Kier molecular flexibility index (Phi) is 7.58. The standard InChI is InChI=1S/C30H39NO5/c1-19-9-8-12-24-16-23(18-32)20(2)27-25(15-22-10-6-5-7-11-22)31-28(34)30(24,27)26(36-21(3)33)13-14-29(4,35)17-19/h5-8,10-14,16,19-20,24-27,32,35H,9,15,17-18H2,1-4H3,(H,31,34)/t19-,20+,24-,25-,26+,27-,29-,30+/m0/s1. The Morgan fingerprint density at radius 3 is 2.58 bits per heavy atom. The van der Waals surface area contributed by atoms with Gasteiger partial charge in [-0.05, 0) is 55.2 Å². The van der Waals surface area contributed by atoms with Crippen molar-refractivity contribution in [2.24, 2.45) is 29.1 Å². The van der Waals surface area contributed by atoms with Crippen molar-refractivity contribution in [3.8, 4) is 0 Å². The summed E-state index contributed by atoms with van der Waals surface area (Å²) in [7, 11) is 0. The molecule has 6 nitrogen and oxygen atoms in total. The van der Waals surface area contributed by atoms with E-state index in [1.54, 1.807) is 19.1 Å². The average molecular weight is 494 g/mol. The first kappa shape index (κ1) is 26.4. The van der Waals surface area contributed by atoms with E-state index in [2.05, 4.69) is 18.3 Å². The third-order valence-corrected chi connectivity index (χ3v) is 8.28. The molecular weight excluding hydrogens is 454 g/mol. The molecule has 0 aromatic heterocycles. The molecule has 6 heteroatoms. The quantitative estimate of drug-likeness (QED) is 0.439. The van der Waals surface area contributed by atoms with E-state index < -0.39 is 23.1 Å². The SMILES string of the molecule is CC(=O)O[C@@H]1C=C[C@](C)(O)C[C@@H](C)CC=C[C@H]2C=C(CO)[C@@H](C)[C@H]3[C@H](Cc4ccccc4)NC(=O)[C@@]231. The van der Waals surface area contributed by atoms with Crippen LogP contribution in [-0.4, -0.2) is 46.4 Å². The molecule has 4 rings (SSSR count). The van der Waals surface area contributed by atoms with Gasteiger partial charge in [0.15, 0.2) is 0 Å². The van der Waals surface area contributed by atoms with E-state index in [0.29, 0.717) is 12.8 Å². The van der Waals surface area contributed by atoms with Crippen molar-refractivity contribution < 1.29 is 24.5 Å². The zero-order chi connectivity index (χ0) is 26.1. The molecule has 3 aliphatic rings. The van der Waals surface area contributed by atoms with Gasteiger partial charge >= 0.3 is 5.97 Å². The predicted molar refractivity (Wildman–Crippen MR) is 139 cm³/mol. The molecule has 0 bridgehead atoms. The van der Waals surface area contributed by atoms with Crippen molar-refractivity contribution in [3.05, 3.63) is 71.8 Å². The van der Waals surface area contributed by atoms with Crippen LogP contribution >= 0.6 is 0 Å². The van der Waals surface area contributed by atoms with Gasteiger partial charge in [-0.15, -0.1) is 0 Å². The summed E-state index contributed by atoms with van der Waals surface area (Å²) < 4.78 is 5.92. The maximum absolute atomic E-state index is 14.1. The summed E-state index contributed by atoms with van der Waals surface area (Å²) >= 11 is 0. The third-order valence-electron chi connectivity index (χ3n) is 8.28. The molecule has 194 valence electrons. The van der Waals surface area contributed by atoms with E-state index in [9.17, 15) is 19.8 Å². The van der Waals surface area contributed by atoms with E-state index in [1.165, 1.54) is 6.92 Å². The number of ether oxygens (including phenoxy) is 1. The molecule has 0 radical (unpaired) electrons. The molecule has 3 N–H and O–H groups in total. The van der Waals surface area contributed by atoms with E-state index in [0.717, 1.165) is 17.6 Å². The third kappa shape index (κ3) is 4.94. The minimum Gasteiger partial charge on any atom is -0.457 e. The number of esters is 1. The molecule has 0 saturated carbocycles. The van der Waals surface area contributed by atoms with E-state index in [4.69, 9.17) is 4.74 Å². The number of carbonyl (C=O) groups is 2. The lowest BCUT2D eigenvalue weighted by Crippen LogP contribution is -2.55. The maximum Gasteiger partial charge on any atom is 0.303 e. The highest BCUT2D eigenvalue weighted by molar-refractivity contribution is 5.89. The van der Waals surface area contributed by atoms with Crippen LogP contribution < -0.4 is 5.32 Å². The number of aliphatic hydroxyl groups excluding tert-OH is 1. The second-order valence-corrected chi connectivity index (χ2v) is 11.2. The molecule has 0 unspecified atom stereocenters. The summed E-state index contributed by atoms with van der Waals surface area (Å²) in [6.45, 7) is 7.14. The normalized spacial score (nSPS) is 38.3. The topological polar surface area (TPSA) is 95.9 Å². The molecule has 1 heterocycles. The Labute approximate surface area is 214 Å². The number of amides is 1. The van der Waals surface area contributed by atoms with Crippen molar-refractivity contribution in [3.63, 3.8) is 0 Å². The lowest BCUT2D eigenvalue weighted by Gasteiger charge is -2.48. The molecule has 8 atom stereocenters. The Balaban J connectivity index is 1.92. The molecule has 1 spiro atoms. The summed E-state index contributed by atoms with van der Waals surface area (Å²) in [6.07, 6.45) is 10.6. The number of allylic oxidation sites excluding steroid dienone is 3. The van der Waals surface area contributed by atoms with Crippen molar-refractivity contribution in [1.82, 2.24) is 5.32 Å². The van der Waals surface area contributed by atoms with Gasteiger partial charge in [0.25, 0.3) is 0 Å². The first-order valence-corrected chi connectivity index (χ1v) is 13.0. The van der Waals surface area contributed by atoms with Gasteiger partial charge in [-0.1, -0.05) is 68.5 Å². The Bertz CT molecular complexity index is 1060. The largest absolute Gasteiger partial charge is 0.457 e. The lowest BCUT2D eigenvalue weighted by atomic mass is 9.54. The van der Waals surface area contributed by atoms with Crippen LogP contribution in [-0.2, 0) is 20.7 Å². The van der Waals surface area contributed by atoms with Gasteiger partial charge in [0, 0.05) is 24.8 Å². The van der Waals surface area contributed by atoms with E-state index in [-0.39, 0.29) is 42.2 Å². The van der Waals surface area contributed by atoms with Crippen LogP contribution in [0, 0.1) is 29.1 Å². The first-order chi connectivity index (χ1) is 17.1. The second kappa shape index (κ2) is 10.3. The molecule has 1 aliphatic heterocycles. The zero-order valence-corrected chi connectivity index (χ0v) is 21.7. The van der Waals surface area contributed by atoms with Crippen molar-refractivity contribution >= 4 is 11.9 Å². The van der Waals surface area contributed by atoms with Gasteiger partial charge in [0.05, 0.1) is 12.2 Å². The van der Waals surface area contributed by atoms with E-state index >= 15 is 0 Å². The maximum atomic E-state index is 14.1. The smallest absolute Gasteiger partial charge is 0.303 e. The highest BCUT2D eigenvalue weighted by atomic mass is 16.5. The Hall–Kier alpha value is -2.70. The predicted octanol–water partition coefficient (Wildman–Crippen LogP) is 3.74. The summed E-state index contributed by atoms with van der Waals surface area (Å²) in [6, 6.07) is 9.81. The number of hydrogen-bond donors (Lipinski definition) is 3. The highest BCUT2D eigenvalue weighted by Crippen LogP contribution is 2.56. The molecule has 1 amide bonds. The van der Waals surface area contributed by atoms with Gasteiger partial charge in [0.1, 0.15) is 11.5 Å². The number of nitrogens with one attached hydrogen (secondary N) is 1. The zero-order valence-electron chi connectivity index (χ0n) is 21.7. The van der Waals surface area contributed by atoms with Crippen LogP contribution in [0.4, 0.5) is 0 Å². The van der Waals surface area contributed by atoms with Crippen LogP contribution in [0.3, 0.4) is 0 Å². The molecule has 2 aliphatic carbocycles. The van der Waals surface area contributed by atoms with Gasteiger partial charge in [0.2, 0.25) is 5.91 Å². The van der Waals surface area contributed by atoms with Gasteiger partial charge in [-0.2, -0.15) is 0 Å². The molecule has 36 heavy (non-hydrogen) atoms. The van der Waals surface area contributed by atoms with Crippen LogP contribution in [0.1, 0.15) is 46.1 Å². The monoisotopic (exact) mass is 493 g/mol. The molecule has 1 saturated heterocycles. The number of carbonyl (C=O) groups excluding carboxylic acids is 2. The Morgan fingerprint density at radius 1 is 1.19 bits per heavy atom. The number of benzene rings is 1. The van der Waals surface area contributed by atoms with Crippen LogP contribution in [0.25, 0.3) is 0 Å². The van der Waals surface area contributed by atoms with Crippen molar-refractivity contribution in [2.45, 2.75) is 64.7 Å². The van der Waals surface area contributed by atoms with E-state index in [1.807, 2.05) is 49.4 Å². The highest BCUT2D eigenvalue weighted by Gasteiger charge is 2.66. The molecule has 1 aromatic rings. The van der Waals surface area contributed by atoms with Gasteiger partial charge in [-0.25, -0.2) is 0 Å². The average Bonchev–Trinajstić information content (AvgIpc) is 3.10. The molecule has 1 fully saturated rings. The lowest BCUT2D eigenvalue weighted by molar-refractivity contribution is -0.159. The minimum atomic E-state index is -1.11. The number of rotatable bonds is 4. The van der Waals surface area contributed by atoms with Crippen molar-refractivity contribution in [2.75, 3.05) is 6.61 Å². The second-order valence-electron chi connectivity index (χ2n) is 11.2. The molecule has 1 aromatic carbocycles. The van der Waals surface area contributed by atoms with Gasteiger partial charge in [-0.3, -0.25) is 9.59 Å². The fourth-order valence-electron chi connectivity index (χ4n) is 6.80. The van der Waals surface area contributed by atoms with Crippen LogP contribution in [0.2, 0.25) is 0 Å². The number of hydrogen-bond acceptors (Lipinski definition) is 5. The number of aliphatic hydroxyl groups is 2. The molecular formula is C30H39NO5. The van der Waals surface area contributed by atoms with Gasteiger partial charge < -0.3 is 20.3 Å². The van der Waals surface area contributed by atoms with Crippen LogP contribution in [0.15, 0.2) is 66.3 Å². The first-order valence-electron chi connectivity index (χ1n) is 13.0. The summed E-state index contributed by atoms with van der Waals surface area (Å²) in [4.78, 5) is 26.5. The summed E-state index contributed by atoms with van der Waals surface area (Å²) in [5.41, 5.74) is -0.227.